The predicted molar refractivity (Wildman–Crippen MR) is 99.4 cm³/mol. The van der Waals surface area contributed by atoms with Crippen LogP contribution < -0.4 is 5.32 Å². The number of pyridine rings is 1. The third-order valence-electron chi connectivity index (χ3n) is 4.74. The van der Waals surface area contributed by atoms with Crippen molar-refractivity contribution in [1.82, 2.24) is 19.4 Å². The number of alkyl halides is 3. The topological polar surface area (TPSA) is 101 Å². The van der Waals surface area contributed by atoms with Gasteiger partial charge in [-0.1, -0.05) is 19.0 Å². The van der Waals surface area contributed by atoms with E-state index in [4.69, 9.17) is 4.52 Å². The van der Waals surface area contributed by atoms with Crippen molar-refractivity contribution in [1.29, 1.82) is 0 Å². The molecule has 3 rings (SSSR count). The van der Waals surface area contributed by atoms with Crippen LogP contribution in [0, 0.1) is 5.92 Å². The lowest BCUT2D eigenvalue weighted by molar-refractivity contribution is -0.0496. The van der Waals surface area contributed by atoms with Crippen molar-refractivity contribution in [2.75, 3.05) is 25.0 Å². The molecule has 0 amide bonds. The number of anilines is 1. The second-order valence-corrected chi connectivity index (χ2v) is 9.15. The summed E-state index contributed by atoms with van der Waals surface area (Å²) in [6.45, 7) is 4.08. The van der Waals surface area contributed by atoms with E-state index in [1.165, 1.54) is 0 Å². The van der Waals surface area contributed by atoms with E-state index in [1.54, 1.807) is 18.3 Å². The summed E-state index contributed by atoms with van der Waals surface area (Å²) in [6, 6.07) is 3.49. The molecule has 1 aliphatic rings. The van der Waals surface area contributed by atoms with Crippen molar-refractivity contribution < 1.29 is 26.1 Å². The molecule has 12 heteroatoms. The Hall–Kier alpha value is -2.21. The lowest BCUT2D eigenvalue weighted by Gasteiger charge is -2.31. The minimum absolute atomic E-state index is 0.0380. The van der Waals surface area contributed by atoms with Crippen LogP contribution in [0.2, 0.25) is 0 Å². The molecule has 1 aliphatic heterocycles. The normalized spacial score (nSPS) is 17.0. The third-order valence-corrected chi connectivity index (χ3v) is 6.37. The fourth-order valence-corrected chi connectivity index (χ4v) is 3.98. The van der Waals surface area contributed by atoms with Crippen LogP contribution in [-0.2, 0) is 10.0 Å². The van der Waals surface area contributed by atoms with Crippen LogP contribution in [0.3, 0.4) is 0 Å². The van der Waals surface area contributed by atoms with E-state index < -0.39 is 15.5 Å². The largest absolute Gasteiger partial charge is 0.511 e. The number of nitrogens with zero attached hydrogens (tertiary/aromatic N) is 4. The molecule has 1 N–H and O–H groups in total. The fraction of sp³-hybridized carbons (Fsp3) is 0.588. The van der Waals surface area contributed by atoms with Gasteiger partial charge in [-0.2, -0.15) is 22.5 Å². The SMILES string of the molecule is CC(C)c1noc(-c2ccnc(NCC3CCN(S(=O)(=O)C(F)(F)F)CC3)c2)n1. The van der Waals surface area contributed by atoms with Gasteiger partial charge in [-0.25, -0.2) is 13.4 Å². The van der Waals surface area contributed by atoms with Gasteiger partial charge in [-0.05, 0) is 30.9 Å². The molecule has 8 nitrogen and oxygen atoms in total. The van der Waals surface area contributed by atoms with Crippen LogP contribution in [0.4, 0.5) is 19.0 Å². The maximum absolute atomic E-state index is 12.6. The van der Waals surface area contributed by atoms with Crippen molar-refractivity contribution in [3.05, 3.63) is 24.2 Å². The second-order valence-electron chi connectivity index (χ2n) is 7.22. The molecule has 160 valence electrons. The second kappa shape index (κ2) is 8.27. The molecule has 2 aromatic rings. The van der Waals surface area contributed by atoms with Crippen LogP contribution in [0.5, 0.6) is 0 Å². The van der Waals surface area contributed by atoms with Crippen molar-refractivity contribution in [2.45, 2.75) is 38.1 Å². The highest BCUT2D eigenvalue weighted by atomic mass is 32.2. The standard InChI is InChI=1S/C17H22F3N5O3S/c1-11(2)15-23-16(28-24-15)13-3-6-21-14(9-13)22-10-12-4-7-25(8-5-12)29(26,27)17(18,19)20/h3,6,9,11-12H,4-5,7-8,10H2,1-2H3,(H,21,22). The molecule has 29 heavy (non-hydrogen) atoms. The Balaban J connectivity index is 1.56. The van der Waals surface area contributed by atoms with Gasteiger partial charge in [0.1, 0.15) is 5.82 Å². The smallest absolute Gasteiger partial charge is 0.370 e. The van der Waals surface area contributed by atoms with Crippen molar-refractivity contribution in [3.8, 4) is 11.5 Å². The zero-order chi connectivity index (χ0) is 21.2. The molecule has 2 aromatic heterocycles. The number of piperidine rings is 1. The van der Waals surface area contributed by atoms with Gasteiger partial charge < -0.3 is 9.84 Å². The van der Waals surface area contributed by atoms with E-state index in [9.17, 15) is 21.6 Å². The first kappa shape index (κ1) is 21.5. The van der Waals surface area contributed by atoms with Crippen LogP contribution in [0.25, 0.3) is 11.5 Å². The van der Waals surface area contributed by atoms with Crippen molar-refractivity contribution in [3.63, 3.8) is 0 Å². The molecule has 0 aromatic carbocycles. The first-order valence-electron chi connectivity index (χ1n) is 9.18. The summed E-state index contributed by atoms with van der Waals surface area (Å²) in [6.07, 6.45) is 2.27. The molecular formula is C17H22F3N5O3S. The number of nitrogens with one attached hydrogen (secondary N) is 1. The molecule has 0 unspecified atom stereocenters. The van der Waals surface area contributed by atoms with E-state index in [1.807, 2.05) is 13.8 Å². The van der Waals surface area contributed by atoms with E-state index in [0.29, 0.717) is 46.8 Å². The zero-order valence-electron chi connectivity index (χ0n) is 16.0. The Bertz CT molecular complexity index is 938. The summed E-state index contributed by atoms with van der Waals surface area (Å²) in [4.78, 5) is 8.56. The fourth-order valence-electron chi connectivity index (χ4n) is 3.00. The quantitative estimate of drug-likeness (QED) is 0.746. The lowest BCUT2D eigenvalue weighted by atomic mass is 9.98. The van der Waals surface area contributed by atoms with Crippen LogP contribution >= 0.6 is 0 Å². The maximum Gasteiger partial charge on any atom is 0.511 e. The number of halogens is 3. The highest BCUT2D eigenvalue weighted by Crippen LogP contribution is 2.30. The van der Waals surface area contributed by atoms with E-state index in [2.05, 4.69) is 20.4 Å². The van der Waals surface area contributed by atoms with Gasteiger partial charge in [0.2, 0.25) is 0 Å². The van der Waals surface area contributed by atoms with E-state index in [0.717, 1.165) is 0 Å². The molecule has 3 heterocycles. The van der Waals surface area contributed by atoms with Crippen LogP contribution in [0.1, 0.15) is 38.4 Å². The first-order chi connectivity index (χ1) is 13.6. The monoisotopic (exact) mass is 433 g/mol. The number of hydrogen-bond donors (Lipinski definition) is 1. The number of rotatable bonds is 6. The van der Waals surface area contributed by atoms with Gasteiger partial charge in [0, 0.05) is 37.3 Å². The van der Waals surface area contributed by atoms with Gasteiger partial charge in [-0.3, -0.25) is 0 Å². The first-order valence-corrected chi connectivity index (χ1v) is 10.6. The molecule has 1 saturated heterocycles. The molecule has 0 saturated carbocycles. The van der Waals surface area contributed by atoms with Gasteiger partial charge in [0.25, 0.3) is 5.89 Å². The number of aromatic nitrogens is 3. The summed E-state index contributed by atoms with van der Waals surface area (Å²) >= 11 is 0. The maximum atomic E-state index is 12.6. The van der Waals surface area contributed by atoms with Crippen molar-refractivity contribution >= 4 is 15.8 Å². The average molecular weight is 433 g/mol. The highest BCUT2D eigenvalue weighted by Gasteiger charge is 2.50. The van der Waals surface area contributed by atoms with Crippen LogP contribution in [-0.4, -0.2) is 53.0 Å². The minimum atomic E-state index is -5.26. The molecule has 0 atom stereocenters. The van der Waals surface area contributed by atoms with Gasteiger partial charge in [-0.15, -0.1) is 0 Å². The Morgan fingerprint density at radius 3 is 2.59 bits per heavy atom. The van der Waals surface area contributed by atoms with Gasteiger partial charge in [0.15, 0.2) is 5.82 Å². The van der Waals surface area contributed by atoms with Crippen molar-refractivity contribution in [2.24, 2.45) is 5.92 Å². The predicted octanol–water partition coefficient (Wildman–Crippen LogP) is 3.23. The molecule has 1 fully saturated rings. The molecular weight excluding hydrogens is 411 g/mol. The summed E-state index contributed by atoms with van der Waals surface area (Å²) < 4.78 is 66.6. The van der Waals surface area contributed by atoms with Crippen LogP contribution in [0.15, 0.2) is 22.9 Å². The Morgan fingerprint density at radius 1 is 1.31 bits per heavy atom. The lowest BCUT2D eigenvalue weighted by Crippen LogP contribution is -2.45. The molecule has 0 radical (unpaired) electrons. The Morgan fingerprint density at radius 2 is 2.00 bits per heavy atom. The summed E-state index contributed by atoms with van der Waals surface area (Å²) in [5, 5.41) is 7.07. The minimum Gasteiger partial charge on any atom is -0.370 e. The Kier molecular flexibility index (Phi) is 6.13. The molecule has 0 aliphatic carbocycles. The zero-order valence-corrected chi connectivity index (χ0v) is 16.8. The van der Waals surface area contributed by atoms with E-state index >= 15 is 0 Å². The van der Waals surface area contributed by atoms with E-state index in [-0.39, 0.29) is 24.9 Å². The third kappa shape index (κ3) is 4.86. The number of sulfonamides is 1. The summed E-state index contributed by atoms with van der Waals surface area (Å²) in [7, 11) is -5.25. The number of hydrogen-bond acceptors (Lipinski definition) is 7. The average Bonchev–Trinajstić information content (AvgIpc) is 3.17. The highest BCUT2D eigenvalue weighted by molar-refractivity contribution is 7.90. The summed E-state index contributed by atoms with van der Waals surface area (Å²) in [5.41, 5.74) is -4.56. The van der Waals surface area contributed by atoms with Gasteiger partial charge in [0.05, 0.1) is 0 Å². The Labute approximate surface area is 166 Å². The molecule has 0 spiro atoms. The summed E-state index contributed by atoms with van der Waals surface area (Å²) in [5.74, 6) is 1.73. The van der Waals surface area contributed by atoms with Gasteiger partial charge >= 0.3 is 15.5 Å². The molecule has 0 bridgehead atoms.